The van der Waals surface area contributed by atoms with Crippen LogP contribution in [0.2, 0.25) is 0 Å². The first kappa shape index (κ1) is 23.1. The van der Waals surface area contributed by atoms with Gasteiger partial charge >= 0.3 is 6.18 Å². The SMILES string of the molecule is N#Cc1ccc(-c2cc3c(ccn3C[C@@H]3CCCCCCO3)nc2OCCC(F)(F)F)cc1. The van der Waals surface area contributed by atoms with Crippen LogP contribution in [0.5, 0.6) is 5.88 Å². The first-order valence-corrected chi connectivity index (χ1v) is 11.2. The highest BCUT2D eigenvalue weighted by Gasteiger charge is 2.27. The van der Waals surface area contributed by atoms with E-state index in [4.69, 9.17) is 14.7 Å². The lowest BCUT2D eigenvalue weighted by Gasteiger charge is -2.21. The van der Waals surface area contributed by atoms with E-state index in [9.17, 15) is 13.2 Å². The Kier molecular flexibility index (Phi) is 7.19. The number of halogens is 3. The minimum absolute atomic E-state index is 0.113. The average Bonchev–Trinajstić information content (AvgIpc) is 3.15. The van der Waals surface area contributed by atoms with Gasteiger partial charge in [-0.15, -0.1) is 0 Å². The van der Waals surface area contributed by atoms with Gasteiger partial charge in [-0.2, -0.15) is 18.4 Å². The van der Waals surface area contributed by atoms with Crippen molar-refractivity contribution < 1.29 is 22.6 Å². The molecule has 33 heavy (non-hydrogen) atoms. The summed E-state index contributed by atoms with van der Waals surface area (Å²) in [6, 6.07) is 12.7. The summed E-state index contributed by atoms with van der Waals surface area (Å²) in [6.45, 7) is 0.935. The van der Waals surface area contributed by atoms with E-state index >= 15 is 0 Å². The molecule has 0 bridgehead atoms. The minimum atomic E-state index is -4.31. The molecule has 8 heteroatoms. The maximum absolute atomic E-state index is 12.7. The molecule has 3 heterocycles. The zero-order valence-corrected chi connectivity index (χ0v) is 18.3. The first-order chi connectivity index (χ1) is 15.9. The number of benzene rings is 1. The van der Waals surface area contributed by atoms with Gasteiger partial charge in [0.25, 0.3) is 0 Å². The number of hydrogen-bond acceptors (Lipinski definition) is 4. The maximum Gasteiger partial charge on any atom is 0.392 e. The van der Waals surface area contributed by atoms with Gasteiger partial charge in [0.15, 0.2) is 0 Å². The number of nitriles is 1. The van der Waals surface area contributed by atoms with E-state index in [-0.39, 0.29) is 12.0 Å². The molecule has 0 amide bonds. The summed E-state index contributed by atoms with van der Waals surface area (Å²) in [5.74, 6) is 0.149. The van der Waals surface area contributed by atoms with Crippen LogP contribution in [0.25, 0.3) is 22.2 Å². The van der Waals surface area contributed by atoms with Crippen molar-refractivity contribution in [3.05, 3.63) is 48.2 Å². The molecule has 1 atom stereocenters. The highest BCUT2D eigenvalue weighted by molar-refractivity contribution is 5.84. The van der Waals surface area contributed by atoms with E-state index in [2.05, 4.69) is 15.6 Å². The number of nitrogens with zero attached hydrogens (tertiary/aromatic N) is 3. The monoisotopic (exact) mass is 457 g/mol. The molecule has 1 aliphatic heterocycles. The summed E-state index contributed by atoms with van der Waals surface area (Å²) in [5, 5.41) is 9.08. The third-order valence-electron chi connectivity index (χ3n) is 5.84. The quantitative estimate of drug-likeness (QED) is 0.439. The Balaban J connectivity index is 1.66. The maximum atomic E-state index is 12.7. The summed E-state index contributed by atoms with van der Waals surface area (Å²) in [4.78, 5) is 4.54. The summed E-state index contributed by atoms with van der Waals surface area (Å²) < 4.78 is 51.6. The van der Waals surface area contributed by atoms with Crippen LogP contribution in [0.3, 0.4) is 0 Å². The molecule has 0 radical (unpaired) electrons. The molecular weight excluding hydrogens is 431 g/mol. The van der Waals surface area contributed by atoms with Crippen LogP contribution in [-0.4, -0.2) is 35.0 Å². The molecule has 174 valence electrons. The first-order valence-electron chi connectivity index (χ1n) is 11.2. The molecule has 4 rings (SSSR count). The number of alkyl halides is 3. The summed E-state index contributed by atoms with van der Waals surface area (Å²) in [5.41, 5.74) is 3.33. The van der Waals surface area contributed by atoms with E-state index in [1.54, 1.807) is 24.3 Å². The van der Waals surface area contributed by atoms with Gasteiger partial charge in [-0.3, -0.25) is 0 Å². The van der Waals surface area contributed by atoms with Crippen molar-refractivity contribution in [2.75, 3.05) is 13.2 Å². The normalized spacial score (nSPS) is 17.3. The fourth-order valence-corrected chi connectivity index (χ4v) is 4.08. The zero-order valence-electron chi connectivity index (χ0n) is 18.3. The van der Waals surface area contributed by atoms with E-state index < -0.39 is 19.2 Å². The standard InChI is InChI=1S/C25H26F3N3O2/c26-25(27,28)11-14-33-24-21(19-8-6-18(16-29)7-9-19)15-23-22(30-24)10-12-31(23)17-20-5-3-1-2-4-13-32-20/h6-10,12,15,20H,1-5,11,13-14,17H2/t20-/m0/s1. The van der Waals surface area contributed by atoms with E-state index in [1.165, 1.54) is 12.8 Å². The second-order valence-corrected chi connectivity index (χ2v) is 8.31. The fraction of sp³-hybridized carbons (Fsp3) is 0.440. The topological polar surface area (TPSA) is 60.1 Å². The van der Waals surface area contributed by atoms with Crippen LogP contribution >= 0.6 is 0 Å². The van der Waals surface area contributed by atoms with Gasteiger partial charge in [-0.05, 0) is 42.7 Å². The van der Waals surface area contributed by atoms with E-state index in [0.29, 0.717) is 23.2 Å². The Hall–Kier alpha value is -3.05. The third kappa shape index (κ3) is 6.05. The lowest BCUT2D eigenvalue weighted by molar-refractivity contribution is -0.139. The Morgan fingerprint density at radius 1 is 1.12 bits per heavy atom. The lowest BCUT2D eigenvalue weighted by atomic mass is 10.0. The second-order valence-electron chi connectivity index (χ2n) is 8.31. The third-order valence-corrected chi connectivity index (χ3v) is 5.84. The Bertz CT molecular complexity index is 1110. The number of fused-ring (bicyclic) bond motifs is 1. The van der Waals surface area contributed by atoms with Crippen molar-refractivity contribution >= 4 is 11.0 Å². The zero-order chi connectivity index (χ0) is 23.3. The molecule has 5 nitrogen and oxygen atoms in total. The summed E-state index contributed by atoms with van der Waals surface area (Å²) >= 11 is 0. The molecule has 1 fully saturated rings. The Morgan fingerprint density at radius 3 is 2.67 bits per heavy atom. The summed E-state index contributed by atoms with van der Waals surface area (Å²) in [7, 11) is 0. The molecule has 0 N–H and O–H groups in total. The van der Waals surface area contributed by atoms with E-state index in [1.807, 2.05) is 18.3 Å². The van der Waals surface area contributed by atoms with Gasteiger partial charge in [-0.25, -0.2) is 4.98 Å². The number of pyridine rings is 1. The summed E-state index contributed by atoms with van der Waals surface area (Å²) in [6.07, 6.45) is 2.31. The molecule has 0 spiro atoms. The van der Waals surface area contributed by atoms with Gasteiger partial charge < -0.3 is 14.0 Å². The van der Waals surface area contributed by atoms with Gasteiger partial charge in [0.05, 0.1) is 41.8 Å². The highest BCUT2D eigenvalue weighted by Crippen LogP contribution is 2.33. The average molecular weight is 457 g/mol. The van der Waals surface area contributed by atoms with E-state index in [0.717, 1.165) is 36.9 Å². The highest BCUT2D eigenvalue weighted by atomic mass is 19.4. The van der Waals surface area contributed by atoms with Gasteiger partial charge in [0.1, 0.15) is 0 Å². The van der Waals surface area contributed by atoms with Crippen molar-refractivity contribution in [3.8, 4) is 23.1 Å². The van der Waals surface area contributed by atoms with Crippen molar-refractivity contribution in [1.82, 2.24) is 9.55 Å². The molecule has 2 aromatic heterocycles. The van der Waals surface area contributed by atoms with Crippen LogP contribution in [0.15, 0.2) is 42.6 Å². The molecular formula is C25H26F3N3O2. The van der Waals surface area contributed by atoms with Gasteiger partial charge in [0, 0.05) is 24.9 Å². The van der Waals surface area contributed by atoms with Gasteiger partial charge in [0.2, 0.25) is 5.88 Å². The minimum Gasteiger partial charge on any atom is -0.477 e. The van der Waals surface area contributed by atoms with Crippen LogP contribution in [0, 0.1) is 11.3 Å². The number of hydrogen-bond donors (Lipinski definition) is 0. The van der Waals surface area contributed by atoms with Crippen LogP contribution < -0.4 is 4.74 Å². The second kappa shape index (κ2) is 10.3. The van der Waals surface area contributed by atoms with Crippen molar-refractivity contribution in [1.29, 1.82) is 5.26 Å². The van der Waals surface area contributed by atoms with Crippen LogP contribution in [0.4, 0.5) is 13.2 Å². The number of ether oxygens (including phenoxy) is 2. The largest absolute Gasteiger partial charge is 0.477 e. The van der Waals surface area contributed by atoms with Crippen LogP contribution in [-0.2, 0) is 11.3 Å². The smallest absolute Gasteiger partial charge is 0.392 e. The van der Waals surface area contributed by atoms with Crippen molar-refractivity contribution in [3.63, 3.8) is 0 Å². The number of aromatic nitrogens is 2. The van der Waals surface area contributed by atoms with Crippen LogP contribution in [0.1, 0.15) is 44.1 Å². The van der Waals surface area contributed by atoms with Crippen molar-refractivity contribution in [2.45, 2.75) is 57.3 Å². The molecule has 1 aliphatic rings. The molecule has 0 unspecified atom stereocenters. The molecule has 1 aromatic carbocycles. The molecule has 0 aliphatic carbocycles. The Labute approximate surface area is 190 Å². The lowest BCUT2D eigenvalue weighted by Crippen LogP contribution is -2.21. The number of rotatable bonds is 6. The van der Waals surface area contributed by atoms with Crippen molar-refractivity contribution in [2.24, 2.45) is 0 Å². The predicted octanol–water partition coefficient (Wildman–Crippen LogP) is 6.26. The molecule has 1 saturated heterocycles. The fourth-order valence-electron chi connectivity index (χ4n) is 4.08. The predicted molar refractivity (Wildman–Crippen MR) is 119 cm³/mol. The molecule has 3 aromatic rings. The molecule has 0 saturated carbocycles. The van der Waals surface area contributed by atoms with Gasteiger partial charge in [-0.1, -0.05) is 31.4 Å². The Morgan fingerprint density at radius 2 is 1.91 bits per heavy atom.